The number of rotatable bonds is 2. The van der Waals surface area contributed by atoms with Crippen molar-refractivity contribution < 1.29 is 9.53 Å². The average molecular weight is 278 g/mol. The number of hydrogen-bond donors (Lipinski definition) is 0. The Morgan fingerprint density at radius 3 is 2.10 bits per heavy atom. The van der Waals surface area contributed by atoms with Crippen molar-refractivity contribution in [2.75, 3.05) is 7.11 Å². The molecule has 0 aromatic heterocycles. The Labute approximate surface area is 124 Å². The summed E-state index contributed by atoms with van der Waals surface area (Å²) >= 11 is 0. The second-order valence-electron chi connectivity index (χ2n) is 6.17. The molecule has 4 rings (SSSR count). The van der Waals surface area contributed by atoms with Gasteiger partial charge in [0.05, 0.1) is 11.5 Å². The first-order chi connectivity index (χ1) is 10.2. The van der Waals surface area contributed by atoms with Crippen molar-refractivity contribution in [3.05, 3.63) is 70.8 Å². The zero-order chi connectivity index (χ0) is 14.4. The molecule has 0 radical (unpaired) electrons. The highest BCUT2D eigenvalue weighted by Gasteiger charge is 2.50. The van der Waals surface area contributed by atoms with Crippen molar-refractivity contribution in [2.24, 2.45) is 5.92 Å². The molecule has 2 aliphatic carbocycles. The fourth-order valence-corrected chi connectivity index (χ4v) is 4.01. The molecule has 0 saturated carbocycles. The van der Waals surface area contributed by atoms with E-state index in [4.69, 9.17) is 4.74 Å². The summed E-state index contributed by atoms with van der Waals surface area (Å²) in [5.74, 6) is 0.188. The van der Waals surface area contributed by atoms with Gasteiger partial charge in [-0.3, -0.25) is 4.79 Å². The maximum atomic E-state index is 12.8. The molecule has 1 atom stereocenters. The fourth-order valence-electron chi connectivity index (χ4n) is 4.01. The molecule has 0 amide bonds. The number of carbonyl (C=O) groups is 1. The molecular weight excluding hydrogens is 260 g/mol. The van der Waals surface area contributed by atoms with Gasteiger partial charge in [-0.05, 0) is 23.1 Å². The Balaban J connectivity index is 1.73. The van der Waals surface area contributed by atoms with E-state index in [0.717, 1.165) is 24.8 Å². The van der Waals surface area contributed by atoms with Crippen LogP contribution >= 0.6 is 0 Å². The normalized spacial score (nSPS) is 22.1. The minimum Gasteiger partial charge on any atom is -0.377 e. The van der Waals surface area contributed by atoms with E-state index in [1.165, 1.54) is 16.7 Å². The maximum absolute atomic E-state index is 12.8. The fraction of sp³-hybridized carbons (Fsp3) is 0.316. The highest BCUT2D eigenvalue weighted by molar-refractivity contribution is 6.03. The number of benzene rings is 2. The van der Waals surface area contributed by atoms with Crippen LogP contribution in [0.15, 0.2) is 48.5 Å². The molecule has 2 aromatic rings. The van der Waals surface area contributed by atoms with Gasteiger partial charge in [0.15, 0.2) is 5.78 Å². The first-order valence-electron chi connectivity index (χ1n) is 7.47. The SMILES string of the molecule is COC1([C@@H]2Cc3ccccc3C2=O)Cc2ccccc2C1. The maximum Gasteiger partial charge on any atom is 0.169 e. The number of Topliss-reactive ketones (excluding diaryl/α,β-unsaturated/α-hetero) is 1. The second-order valence-corrected chi connectivity index (χ2v) is 6.17. The number of ketones is 1. The molecular formula is C19H18O2. The number of carbonyl (C=O) groups excluding carboxylic acids is 1. The third-order valence-electron chi connectivity index (χ3n) is 5.16. The van der Waals surface area contributed by atoms with Crippen LogP contribution in [0.25, 0.3) is 0 Å². The predicted molar refractivity (Wildman–Crippen MR) is 81.6 cm³/mol. The van der Waals surface area contributed by atoms with Gasteiger partial charge < -0.3 is 4.74 Å². The second kappa shape index (κ2) is 4.54. The minimum atomic E-state index is -0.375. The third-order valence-corrected chi connectivity index (χ3v) is 5.16. The molecule has 0 bridgehead atoms. The molecule has 0 fully saturated rings. The molecule has 0 spiro atoms. The molecule has 2 heteroatoms. The number of hydrogen-bond acceptors (Lipinski definition) is 2. The minimum absolute atomic E-state index is 0.0627. The summed E-state index contributed by atoms with van der Waals surface area (Å²) in [4.78, 5) is 12.8. The van der Waals surface area contributed by atoms with Crippen molar-refractivity contribution in [3.8, 4) is 0 Å². The van der Waals surface area contributed by atoms with Gasteiger partial charge in [-0.2, -0.15) is 0 Å². The lowest BCUT2D eigenvalue weighted by atomic mass is 9.81. The number of methoxy groups -OCH3 is 1. The first-order valence-corrected chi connectivity index (χ1v) is 7.47. The summed E-state index contributed by atoms with van der Waals surface area (Å²) in [5, 5.41) is 0. The van der Waals surface area contributed by atoms with Crippen LogP contribution in [-0.2, 0) is 24.0 Å². The third kappa shape index (κ3) is 1.79. The molecule has 2 aromatic carbocycles. The van der Waals surface area contributed by atoms with Gasteiger partial charge in [0.2, 0.25) is 0 Å². The zero-order valence-electron chi connectivity index (χ0n) is 12.1. The van der Waals surface area contributed by atoms with Crippen LogP contribution in [0.3, 0.4) is 0 Å². The van der Waals surface area contributed by atoms with E-state index in [1.54, 1.807) is 7.11 Å². The van der Waals surface area contributed by atoms with Crippen LogP contribution in [0, 0.1) is 5.92 Å². The van der Waals surface area contributed by atoms with Crippen LogP contribution in [-0.4, -0.2) is 18.5 Å². The lowest BCUT2D eigenvalue weighted by Crippen LogP contribution is -2.44. The van der Waals surface area contributed by atoms with Crippen LogP contribution in [0.4, 0.5) is 0 Å². The Morgan fingerprint density at radius 2 is 1.52 bits per heavy atom. The monoisotopic (exact) mass is 278 g/mol. The highest BCUT2D eigenvalue weighted by atomic mass is 16.5. The Morgan fingerprint density at radius 1 is 0.952 bits per heavy atom. The first kappa shape index (κ1) is 12.8. The summed E-state index contributed by atoms with van der Waals surface area (Å²) in [6.45, 7) is 0. The molecule has 106 valence electrons. The number of fused-ring (bicyclic) bond motifs is 2. The van der Waals surface area contributed by atoms with E-state index in [9.17, 15) is 4.79 Å². The molecule has 0 saturated heterocycles. The lowest BCUT2D eigenvalue weighted by Gasteiger charge is -2.33. The van der Waals surface area contributed by atoms with E-state index in [2.05, 4.69) is 30.3 Å². The van der Waals surface area contributed by atoms with Crippen molar-refractivity contribution in [2.45, 2.75) is 24.9 Å². The molecule has 2 nitrogen and oxygen atoms in total. The zero-order valence-corrected chi connectivity index (χ0v) is 12.1. The molecule has 21 heavy (non-hydrogen) atoms. The molecule has 2 aliphatic rings. The van der Waals surface area contributed by atoms with Crippen molar-refractivity contribution in [1.29, 1.82) is 0 Å². The van der Waals surface area contributed by atoms with Crippen molar-refractivity contribution >= 4 is 5.78 Å². The van der Waals surface area contributed by atoms with E-state index in [1.807, 2.05) is 18.2 Å². The van der Waals surface area contributed by atoms with Crippen LogP contribution in [0.1, 0.15) is 27.0 Å². The lowest BCUT2D eigenvalue weighted by molar-refractivity contribution is -0.0384. The molecule has 0 aliphatic heterocycles. The summed E-state index contributed by atoms with van der Waals surface area (Å²) in [6, 6.07) is 16.4. The van der Waals surface area contributed by atoms with E-state index < -0.39 is 0 Å². The Bertz CT molecular complexity index is 692. The molecule has 0 unspecified atom stereocenters. The van der Waals surface area contributed by atoms with Gasteiger partial charge in [0, 0.05) is 25.5 Å². The summed E-state index contributed by atoms with van der Waals surface area (Å²) in [5.41, 5.74) is 4.32. The van der Waals surface area contributed by atoms with Crippen LogP contribution in [0.2, 0.25) is 0 Å². The predicted octanol–water partition coefficient (Wildman–Crippen LogP) is 3.23. The van der Waals surface area contributed by atoms with Crippen LogP contribution in [0.5, 0.6) is 0 Å². The largest absolute Gasteiger partial charge is 0.377 e. The van der Waals surface area contributed by atoms with Crippen molar-refractivity contribution in [1.82, 2.24) is 0 Å². The summed E-state index contributed by atoms with van der Waals surface area (Å²) < 4.78 is 5.95. The Kier molecular flexibility index (Phi) is 2.76. The van der Waals surface area contributed by atoms with E-state index in [0.29, 0.717) is 0 Å². The Hall–Kier alpha value is -1.93. The van der Waals surface area contributed by atoms with E-state index in [-0.39, 0.29) is 17.3 Å². The average Bonchev–Trinajstić information content (AvgIpc) is 3.07. The quantitative estimate of drug-likeness (QED) is 0.843. The van der Waals surface area contributed by atoms with Gasteiger partial charge in [-0.15, -0.1) is 0 Å². The summed E-state index contributed by atoms with van der Waals surface area (Å²) in [6.07, 6.45) is 2.48. The number of ether oxygens (including phenoxy) is 1. The van der Waals surface area contributed by atoms with Crippen molar-refractivity contribution in [3.63, 3.8) is 0 Å². The smallest absolute Gasteiger partial charge is 0.169 e. The van der Waals surface area contributed by atoms with Gasteiger partial charge in [0.25, 0.3) is 0 Å². The standard InChI is InChI=1S/C19H18O2/c1-21-19(11-14-7-2-3-8-15(14)12-19)17-10-13-6-4-5-9-16(13)18(17)20/h2-9,17H,10-12H2,1H3/t17-/m1/s1. The summed E-state index contributed by atoms with van der Waals surface area (Å²) in [7, 11) is 1.75. The molecule has 0 heterocycles. The highest BCUT2D eigenvalue weighted by Crippen LogP contribution is 2.43. The van der Waals surface area contributed by atoms with Gasteiger partial charge in [-0.1, -0.05) is 48.5 Å². The topological polar surface area (TPSA) is 26.3 Å². The van der Waals surface area contributed by atoms with Gasteiger partial charge in [0.1, 0.15) is 0 Å². The van der Waals surface area contributed by atoms with Gasteiger partial charge in [-0.25, -0.2) is 0 Å². The van der Waals surface area contributed by atoms with Gasteiger partial charge >= 0.3 is 0 Å². The van der Waals surface area contributed by atoms with Crippen LogP contribution < -0.4 is 0 Å². The molecule has 0 N–H and O–H groups in total. The van der Waals surface area contributed by atoms with E-state index >= 15 is 0 Å².